The summed E-state index contributed by atoms with van der Waals surface area (Å²) in [4.78, 5) is 0. The van der Waals surface area contributed by atoms with Gasteiger partial charge >= 0.3 is 0 Å². The molecule has 0 saturated carbocycles. The third-order valence-corrected chi connectivity index (χ3v) is 1.95. The van der Waals surface area contributed by atoms with Crippen LogP contribution in [-0.2, 0) is 11.8 Å². The van der Waals surface area contributed by atoms with Crippen molar-refractivity contribution in [3.05, 3.63) is 17.5 Å². The molecule has 0 aromatic carbocycles. The van der Waals surface area contributed by atoms with Crippen LogP contribution in [0, 0.1) is 6.92 Å². The van der Waals surface area contributed by atoms with Gasteiger partial charge in [0, 0.05) is 18.3 Å². The van der Waals surface area contributed by atoms with Gasteiger partial charge in [-0.3, -0.25) is 4.68 Å². The smallest absolute Gasteiger partial charge is 0.109 e. The Morgan fingerprint density at radius 2 is 2.50 bits per heavy atom. The van der Waals surface area contributed by atoms with E-state index in [1.165, 1.54) is 11.3 Å². The van der Waals surface area contributed by atoms with E-state index in [9.17, 15) is 0 Å². The van der Waals surface area contributed by atoms with Gasteiger partial charge in [-0.05, 0) is 6.92 Å². The normalized spacial score (nSPS) is 23.2. The Balaban J connectivity index is 2.40. The maximum Gasteiger partial charge on any atom is 0.109 e. The predicted molar refractivity (Wildman–Crippen MR) is 36.6 cm³/mol. The number of epoxide rings is 1. The molecule has 1 aromatic rings. The highest BCUT2D eigenvalue weighted by atomic mass is 16.6. The fourth-order valence-electron chi connectivity index (χ4n) is 1.06. The Morgan fingerprint density at radius 1 is 1.80 bits per heavy atom. The number of hydrogen-bond donors (Lipinski definition) is 0. The van der Waals surface area contributed by atoms with E-state index in [0.29, 0.717) is 6.10 Å². The highest BCUT2D eigenvalue weighted by Crippen LogP contribution is 2.31. The van der Waals surface area contributed by atoms with Crippen molar-refractivity contribution < 1.29 is 4.74 Å². The third-order valence-electron chi connectivity index (χ3n) is 1.95. The highest BCUT2D eigenvalue weighted by Gasteiger charge is 2.27. The summed E-state index contributed by atoms with van der Waals surface area (Å²) in [6.45, 7) is 2.93. The number of rotatable bonds is 1. The van der Waals surface area contributed by atoms with Crippen LogP contribution >= 0.6 is 0 Å². The second kappa shape index (κ2) is 1.83. The molecule has 0 unspecified atom stereocenters. The van der Waals surface area contributed by atoms with Gasteiger partial charge in [0.2, 0.25) is 0 Å². The van der Waals surface area contributed by atoms with Crippen LogP contribution in [0.3, 0.4) is 0 Å². The molecule has 3 nitrogen and oxygen atoms in total. The molecule has 1 fully saturated rings. The van der Waals surface area contributed by atoms with Gasteiger partial charge in [-0.25, -0.2) is 0 Å². The topological polar surface area (TPSA) is 30.4 Å². The van der Waals surface area contributed by atoms with Gasteiger partial charge in [0.05, 0.1) is 12.8 Å². The SMILES string of the molecule is Cc1c([C@@H]2CO2)cnn1C. The van der Waals surface area contributed by atoms with Crippen LogP contribution in [-0.4, -0.2) is 16.4 Å². The minimum absolute atomic E-state index is 0.341. The molecule has 0 radical (unpaired) electrons. The fourth-order valence-corrected chi connectivity index (χ4v) is 1.06. The van der Waals surface area contributed by atoms with Crippen molar-refractivity contribution in [2.75, 3.05) is 6.61 Å². The third kappa shape index (κ3) is 0.743. The molecule has 0 N–H and O–H groups in total. The Kier molecular flexibility index (Phi) is 1.08. The molecule has 1 atom stereocenters. The first-order chi connectivity index (χ1) is 4.79. The lowest BCUT2D eigenvalue weighted by Gasteiger charge is -1.93. The van der Waals surface area contributed by atoms with Crippen LogP contribution in [0.25, 0.3) is 0 Å². The maximum absolute atomic E-state index is 5.14. The summed E-state index contributed by atoms with van der Waals surface area (Å²) in [6, 6.07) is 0. The second-order valence-corrected chi connectivity index (χ2v) is 2.63. The van der Waals surface area contributed by atoms with E-state index in [-0.39, 0.29) is 0 Å². The van der Waals surface area contributed by atoms with E-state index in [1.54, 1.807) is 0 Å². The summed E-state index contributed by atoms with van der Waals surface area (Å²) >= 11 is 0. The average molecular weight is 138 g/mol. The summed E-state index contributed by atoms with van der Waals surface area (Å²) in [7, 11) is 1.95. The molecule has 54 valence electrons. The second-order valence-electron chi connectivity index (χ2n) is 2.63. The van der Waals surface area contributed by atoms with Crippen molar-refractivity contribution in [1.82, 2.24) is 9.78 Å². The average Bonchev–Trinajstić information content (AvgIpc) is 2.67. The molecule has 0 aliphatic carbocycles. The van der Waals surface area contributed by atoms with E-state index < -0.39 is 0 Å². The van der Waals surface area contributed by atoms with Gasteiger partial charge in [0.1, 0.15) is 6.10 Å². The van der Waals surface area contributed by atoms with Crippen LogP contribution in [0.2, 0.25) is 0 Å². The number of aromatic nitrogens is 2. The Bertz CT molecular complexity index is 250. The Morgan fingerprint density at radius 3 is 2.90 bits per heavy atom. The minimum atomic E-state index is 0.341. The standard InChI is InChI=1S/C7H10N2O/c1-5-6(7-4-10-7)3-8-9(5)2/h3,7H,4H2,1-2H3/t7-/m0/s1. The molecule has 1 saturated heterocycles. The van der Waals surface area contributed by atoms with E-state index in [0.717, 1.165) is 6.61 Å². The molecule has 0 spiro atoms. The molecule has 2 heterocycles. The molecule has 1 aliphatic heterocycles. The lowest BCUT2D eigenvalue weighted by molar-refractivity contribution is 0.414. The Hall–Kier alpha value is -0.830. The molecular formula is C7H10N2O. The van der Waals surface area contributed by atoms with Crippen LogP contribution in [0.4, 0.5) is 0 Å². The lowest BCUT2D eigenvalue weighted by atomic mass is 10.2. The summed E-state index contributed by atoms with van der Waals surface area (Å²) in [5, 5.41) is 4.11. The molecule has 1 aliphatic rings. The Labute approximate surface area is 59.6 Å². The molecule has 0 bridgehead atoms. The molecule has 0 amide bonds. The first-order valence-electron chi connectivity index (χ1n) is 3.39. The van der Waals surface area contributed by atoms with Crippen molar-refractivity contribution >= 4 is 0 Å². The quantitative estimate of drug-likeness (QED) is 0.537. The zero-order chi connectivity index (χ0) is 7.14. The van der Waals surface area contributed by atoms with Crippen molar-refractivity contribution in [1.29, 1.82) is 0 Å². The number of nitrogens with zero attached hydrogens (tertiary/aromatic N) is 2. The fraction of sp³-hybridized carbons (Fsp3) is 0.571. The van der Waals surface area contributed by atoms with Crippen molar-refractivity contribution in [2.45, 2.75) is 13.0 Å². The van der Waals surface area contributed by atoms with Gasteiger partial charge in [-0.1, -0.05) is 0 Å². The van der Waals surface area contributed by atoms with Crippen LogP contribution < -0.4 is 0 Å². The monoisotopic (exact) mass is 138 g/mol. The summed E-state index contributed by atoms with van der Waals surface area (Å²) in [5.74, 6) is 0. The van der Waals surface area contributed by atoms with E-state index in [1.807, 2.05) is 17.9 Å². The van der Waals surface area contributed by atoms with Crippen molar-refractivity contribution in [3.8, 4) is 0 Å². The van der Waals surface area contributed by atoms with Gasteiger partial charge in [-0.15, -0.1) is 0 Å². The summed E-state index contributed by atoms with van der Waals surface area (Å²) in [5.41, 5.74) is 2.45. The zero-order valence-corrected chi connectivity index (χ0v) is 6.16. The molecular weight excluding hydrogens is 128 g/mol. The first-order valence-corrected chi connectivity index (χ1v) is 3.39. The van der Waals surface area contributed by atoms with E-state index in [4.69, 9.17) is 4.74 Å². The maximum atomic E-state index is 5.14. The van der Waals surface area contributed by atoms with Gasteiger partial charge in [-0.2, -0.15) is 5.10 Å². The summed E-state index contributed by atoms with van der Waals surface area (Å²) < 4.78 is 7.01. The highest BCUT2D eigenvalue weighted by molar-refractivity contribution is 5.21. The molecule has 10 heavy (non-hydrogen) atoms. The van der Waals surface area contributed by atoms with Gasteiger partial charge < -0.3 is 4.74 Å². The van der Waals surface area contributed by atoms with Crippen molar-refractivity contribution in [3.63, 3.8) is 0 Å². The zero-order valence-electron chi connectivity index (χ0n) is 6.16. The summed E-state index contributed by atoms with van der Waals surface area (Å²) in [6.07, 6.45) is 2.22. The van der Waals surface area contributed by atoms with E-state index in [2.05, 4.69) is 12.0 Å². The number of hydrogen-bond acceptors (Lipinski definition) is 2. The largest absolute Gasteiger partial charge is 0.368 e. The number of ether oxygens (including phenoxy) is 1. The minimum Gasteiger partial charge on any atom is -0.368 e. The number of aryl methyl sites for hydroxylation is 1. The van der Waals surface area contributed by atoms with Crippen LogP contribution in [0.15, 0.2) is 6.20 Å². The van der Waals surface area contributed by atoms with Crippen molar-refractivity contribution in [2.24, 2.45) is 7.05 Å². The molecule has 1 aromatic heterocycles. The van der Waals surface area contributed by atoms with Crippen LogP contribution in [0.1, 0.15) is 17.4 Å². The van der Waals surface area contributed by atoms with Gasteiger partial charge in [0.25, 0.3) is 0 Å². The van der Waals surface area contributed by atoms with E-state index >= 15 is 0 Å². The van der Waals surface area contributed by atoms with Gasteiger partial charge in [0.15, 0.2) is 0 Å². The lowest BCUT2D eigenvalue weighted by Crippen LogP contribution is -1.93. The predicted octanol–water partition coefficient (Wildman–Crippen LogP) is 0.800. The molecule has 2 rings (SSSR count). The van der Waals surface area contributed by atoms with Crippen LogP contribution in [0.5, 0.6) is 0 Å². The molecule has 3 heteroatoms. The first kappa shape index (κ1) is 5.92.